The number of nitrogens with zero attached hydrogens (tertiary/aromatic N) is 1. The van der Waals surface area contributed by atoms with Gasteiger partial charge in [-0.15, -0.1) is 0 Å². The molecule has 3 rings (SSSR count). The maximum Gasteiger partial charge on any atom is 0.338 e. The van der Waals surface area contributed by atoms with Gasteiger partial charge in [-0.3, -0.25) is 4.79 Å². The summed E-state index contributed by atoms with van der Waals surface area (Å²) < 4.78 is 5.84. The van der Waals surface area contributed by atoms with E-state index in [0.717, 1.165) is 17.6 Å². The Morgan fingerprint density at radius 1 is 1.04 bits per heavy atom. The molecular formula is C20H21BrN2O3. The molecule has 0 unspecified atom stereocenters. The number of halogens is 1. The summed E-state index contributed by atoms with van der Waals surface area (Å²) in [6, 6.07) is 14.6. The van der Waals surface area contributed by atoms with Crippen LogP contribution in [0, 0.1) is 0 Å². The van der Waals surface area contributed by atoms with Gasteiger partial charge in [0.25, 0.3) is 5.91 Å². The van der Waals surface area contributed by atoms with Crippen molar-refractivity contribution < 1.29 is 14.3 Å². The van der Waals surface area contributed by atoms with Crippen LogP contribution in [0.15, 0.2) is 53.0 Å². The maximum absolute atomic E-state index is 12.0. The fourth-order valence-electron chi connectivity index (χ4n) is 2.93. The Labute approximate surface area is 161 Å². The van der Waals surface area contributed by atoms with Crippen molar-refractivity contribution in [3.8, 4) is 0 Å². The highest BCUT2D eigenvalue weighted by molar-refractivity contribution is 9.10. The lowest BCUT2D eigenvalue weighted by Crippen LogP contribution is -2.29. The molecule has 1 fully saturated rings. The molecule has 0 spiro atoms. The fourth-order valence-corrected chi connectivity index (χ4v) is 3.33. The molecule has 26 heavy (non-hydrogen) atoms. The first-order valence-corrected chi connectivity index (χ1v) is 9.49. The van der Waals surface area contributed by atoms with E-state index in [1.165, 1.54) is 24.9 Å². The zero-order valence-corrected chi connectivity index (χ0v) is 16.0. The van der Waals surface area contributed by atoms with E-state index in [2.05, 4.69) is 26.1 Å². The molecule has 0 aromatic heterocycles. The second kappa shape index (κ2) is 8.85. The van der Waals surface area contributed by atoms with Crippen LogP contribution in [0.3, 0.4) is 0 Å². The molecule has 0 bridgehead atoms. The first-order chi connectivity index (χ1) is 12.6. The molecule has 1 saturated heterocycles. The molecule has 5 nitrogen and oxygen atoms in total. The van der Waals surface area contributed by atoms with E-state index in [-0.39, 0.29) is 12.5 Å². The van der Waals surface area contributed by atoms with Crippen LogP contribution in [0.4, 0.5) is 11.4 Å². The largest absolute Gasteiger partial charge is 0.452 e. The van der Waals surface area contributed by atoms with Gasteiger partial charge < -0.3 is 15.0 Å². The lowest BCUT2D eigenvalue weighted by atomic mass is 10.1. The van der Waals surface area contributed by atoms with Crippen molar-refractivity contribution in [2.75, 3.05) is 29.9 Å². The second-order valence-electron chi connectivity index (χ2n) is 6.23. The van der Waals surface area contributed by atoms with Crippen molar-refractivity contribution in [3.05, 3.63) is 58.6 Å². The van der Waals surface area contributed by atoms with E-state index in [0.29, 0.717) is 11.3 Å². The van der Waals surface area contributed by atoms with Crippen molar-refractivity contribution in [2.45, 2.75) is 19.3 Å². The van der Waals surface area contributed by atoms with E-state index in [4.69, 9.17) is 4.74 Å². The summed E-state index contributed by atoms with van der Waals surface area (Å²) in [5.41, 5.74) is 2.26. The number of esters is 1. The number of nitrogens with one attached hydrogen (secondary N) is 1. The van der Waals surface area contributed by atoms with Crippen LogP contribution in [0.5, 0.6) is 0 Å². The molecule has 1 aliphatic rings. The third-order valence-corrected chi connectivity index (χ3v) is 4.76. The summed E-state index contributed by atoms with van der Waals surface area (Å²) in [6.07, 6.45) is 3.74. The predicted octanol–water partition coefficient (Wildman–Crippen LogP) is 4.23. The van der Waals surface area contributed by atoms with Gasteiger partial charge in [0.05, 0.1) is 5.56 Å². The smallest absolute Gasteiger partial charge is 0.338 e. The van der Waals surface area contributed by atoms with Crippen LogP contribution in [0.2, 0.25) is 0 Å². The van der Waals surface area contributed by atoms with Crippen molar-refractivity contribution in [2.24, 2.45) is 0 Å². The van der Waals surface area contributed by atoms with E-state index in [1.807, 2.05) is 30.3 Å². The highest BCUT2D eigenvalue weighted by Crippen LogP contribution is 2.21. The SMILES string of the molecule is O=C(COC(=O)c1cccc(Br)c1)Nc1ccc(N2CCCCC2)cc1. The molecule has 0 radical (unpaired) electrons. The molecule has 2 aromatic carbocycles. The second-order valence-corrected chi connectivity index (χ2v) is 7.14. The maximum atomic E-state index is 12.0. The molecule has 2 aromatic rings. The van der Waals surface area contributed by atoms with Crippen LogP contribution >= 0.6 is 15.9 Å². The Balaban J connectivity index is 1.49. The van der Waals surface area contributed by atoms with Gasteiger partial charge in [0.1, 0.15) is 0 Å². The highest BCUT2D eigenvalue weighted by atomic mass is 79.9. The third kappa shape index (κ3) is 5.08. The van der Waals surface area contributed by atoms with Crippen molar-refractivity contribution in [1.82, 2.24) is 0 Å². The van der Waals surface area contributed by atoms with Gasteiger partial charge in [-0.05, 0) is 61.7 Å². The number of hydrogen-bond donors (Lipinski definition) is 1. The Morgan fingerprint density at radius 3 is 2.46 bits per heavy atom. The number of anilines is 2. The summed E-state index contributed by atoms with van der Waals surface area (Å²) >= 11 is 3.30. The van der Waals surface area contributed by atoms with Crippen LogP contribution in [-0.2, 0) is 9.53 Å². The Kier molecular flexibility index (Phi) is 6.28. The standard InChI is InChI=1S/C20H21BrN2O3/c21-16-6-4-5-15(13-16)20(25)26-14-19(24)22-17-7-9-18(10-8-17)23-11-2-1-3-12-23/h4-10,13H,1-3,11-12,14H2,(H,22,24). The number of benzene rings is 2. The molecule has 6 heteroatoms. The molecule has 1 N–H and O–H groups in total. The number of carbonyl (C=O) groups is 2. The van der Waals surface area contributed by atoms with Crippen LogP contribution in [-0.4, -0.2) is 31.6 Å². The quantitative estimate of drug-likeness (QED) is 0.740. The zero-order valence-electron chi connectivity index (χ0n) is 14.4. The molecule has 136 valence electrons. The molecule has 0 saturated carbocycles. The van der Waals surface area contributed by atoms with Crippen molar-refractivity contribution in [1.29, 1.82) is 0 Å². The van der Waals surface area contributed by atoms with E-state index >= 15 is 0 Å². The molecule has 0 atom stereocenters. The number of ether oxygens (including phenoxy) is 1. The lowest BCUT2D eigenvalue weighted by Gasteiger charge is -2.28. The summed E-state index contributed by atoms with van der Waals surface area (Å²) in [5, 5.41) is 2.75. The Bertz CT molecular complexity index is 771. The van der Waals surface area contributed by atoms with Gasteiger partial charge >= 0.3 is 5.97 Å². The number of rotatable bonds is 5. The summed E-state index contributed by atoms with van der Waals surface area (Å²) in [6.45, 7) is 1.84. The number of hydrogen-bond acceptors (Lipinski definition) is 4. The minimum atomic E-state index is -0.526. The van der Waals surface area contributed by atoms with Crippen LogP contribution in [0.1, 0.15) is 29.6 Å². The molecule has 1 heterocycles. The summed E-state index contributed by atoms with van der Waals surface area (Å²) in [5.74, 6) is -0.888. The summed E-state index contributed by atoms with van der Waals surface area (Å²) in [4.78, 5) is 26.3. The zero-order chi connectivity index (χ0) is 18.4. The molecular weight excluding hydrogens is 396 g/mol. The van der Waals surface area contributed by atoms with Gasteiger partial charge in [0.2, 0.25) is 0 Å². The first-order valence-electron chi connectivity index (χ1n) is 8.69. The van der Waals surface area contributed by atoms with Gasteiger partial charge in [-0.1, -0.05) is 22.0 Å². The minimum Gasteiger partial charge on any atom is -0.452 e. The molecule has 0 aliphatic carbocycles. The Hall–Kier alpha value is -2.34. The lowest BCUT2D eigenvalue weighted by molar-refractivity contribution is -0.119. The normalized spacial score (nSPS) is 14.0. The fraction of sp³-hybridized carbons (Fsp3) is 0.300. The topological polar surface area (TPSA) is 58.6 Å². The predicted molar refractivity (Wildman–Crippen MR) is 106 cm³/mol. The number of piperidine rings is 1. The number of carbonyl (C=O) groups excluding carboxylic acids is 2. The monoisotopic (exact) mass is 416 g/mol. The van der Waals surface area contributed by atoms with Crippen molar-refractivity contribution >= 4 is 39.2 Å². The Morgan fingerprint density at radius 2 is 1.77 bits per heavy atom. The highest BCUT2D eigenvalue weighted by Gasteiger charge is 2.12. The average molecular weight is 417 g/mol. The third-order valence-electron chi connectivity index (χ3n) is 4.27. The van der Waals surface area contributed by atoms with Gasteiger partial charge in [0.15, 0.2) is 6.61 Å². The van der Waals surface area contributed by atoms with Gasteiger partial charge in [0, 0.05) is 28.9 Å². The minimum absolute atomic E-state index is 0.320. The van der Waals surface area contributed by atoms with Gasteiger partial charge in [-0.25, -0.2) is 4.79 Å². The molecule has 1 aliphatic heterocycles. The van der Waals surface area contributed by atoms with Gasteiger partial charge in [-0.2, -0.15) is 0 Å². The first kappa shape index (κ1) is 18.5. The average Bonchev–Trinajstić information content (AvgIpc) is 2.67. The van der Waals surface area contributed by atoms with E-state index in [9.17, 15) is 9.59 Å². The van der Waals surface area contributed by atoms with E-state index < -0.39 is 5.97 Å². The van der Waals surface area contributed by atoms with Crippen LogP contribution < -0.4 is 10.2 Å². The van der Waals surface area contributed by atoms with E-state index in [1.54, 1.807) is 18.2 Å². The summed E-state index contributed by atoms with van der Waals surface area (Å²) in [7, 11) is 0. The van der Waals surface area contributed by atoms with Crippen LogP contribution in [0.25, 0.3) is 0 Å². The number of amides is 1. The van der Waals surface area contributed by atoms with Crippen molar-refractivity contribution in [3.63, 3.8) is 0 Å². The molecule has 1 amide bonds.